The Morgan fingerprint density at radius 2 is 1.53 bits per heavy atom. The van der Waals surface area contributed by atoms with Crippen LogP contribution in [0.1, 0.15) is 61.2 Å². The lowest BCUT2D eigenvalue weighted by Crippen LogP contribution is -2.28. The summed E-state index contributed by atoms with van der Waals surface area (Å²) in [4.78, 5) is 22.6. The summed E-state index contributed by atoms with van der Waals surface area (Å²) < 4.78 is 0. The number of hydrogen-bond donors (Lipinski definition) is 1. The summed E-state index contributed by atoms with van der Waals surface area (Å²) in [5.41, 5.74) is 0. The van der Waals surface area contributed by atoms with E-state index < -0.39 is 0 Å². The Bertz CT molecular complexity index is 216. The van der Waals surface area contributed by atoms with E-state index in [2.05, 4.69) is 5.32 Å². The number of Topliss-reactive ketones (excluding diaryl/α,β-unsaturated/α-hetero) is 1. The highest BCUT2D eigenvalue weighted by Gasteiger charge is 2.06. The largest absolute Gasteiger partial charge is 0.356 e. The van der Waals surface area contributed by atoms with Crippen molar-refractivity contribution in [2.24, 2.45) is 11.8 Å². The Hall–Kier alpha value is -0.860. The van der Waals surface area contributed by atoms with Crippen LogP contribution in [0.3, 0.4) is 0 Å². The quantitative estimate of drug-likeness (QED) is 0.632. The summed E-state index contributed by atoms with van der Waals surface area (Å²) in [7, 11) is 0. The van der Waals surface area contributed by atoms with Crippen LogP contribution in [0.2, 0.25) is 0 Å². The van der Waals surface area contributed by atoms with Crippen molar-refractivity contribution in [2.45, 2.75) is 59.8 Å². The van der Waals surface area contributed by atoms with E-state index in [-0.39, 0.29) is 19.2 Å². The van der Waals surface area contributed by atoms with E-state index in [0.717, 1.165) is 32.2 Å². The Balaban J connectivity index is 0. The van der Waals surface area contributed by atoms with Gasteiger partial charge in [0.15, 0.2) is 0 Å². The molecule has 0 radical (unpaired) electrons. The molecule has 0 unspecified atom stereocenters. The molecular formula is C14H29NO2. The van der Waals surface area contributed by atoms with Crippen LogP contribution < -0.4 is 5.32 Å². The maximum Gasteiger partial charge on any atom is 0.222 e. The lowest BCUT2D eigenvalue weighted by Gasteiger charge is -2.07. The van der Waals surface area contributed by atoms with Crippen molar-refractivity contribution in [1.82, 2.24) is 5.32 Å². The maximum atomic E-state index is 11.3. The van der Waals surface area contributed by atoms with E-state index in [1.807, 2.05) is 27.7 Å². The predicted octanol–water partition coefficient (Wildman–Crippen LogP) is 3.18. The van der Waals surface area contributed by atoms with Crippen LogP contribution in [0.15, 0.2) is 0 Å². The van der Waals surface area contributed by atoms with Crippen LogP contribution in [0.5, 0.6) is 0 Å². The summed E-state index contributed by atoms with van der Waals surface area (Å²) in [5.74, 6) is 0.720. The van der Waals surface area contributed by atoms with E-state index in [9.17, 15) is 9.59 Å². The minimum absolute atomic E-state index is 0. The Labute approximate surface area is 107 Å². The average Bonchev–Trinajstić information content (AvgIpc) is 2.26. The van der Waals surface area contributed by atoms with Crippen LogP contribution in [-0.4, -0.2) is 18.2 Å². The molecule has 0 aliphatic carbocycles. The Kier molecular flexibility index (Phi) is 8.73. The van der Waals surface area contributed by atoms with Gasteiger partial charge >= 0.3 is 0 Å². The van der Waals surface area contributed by atoms with Crippen molar-refractivity contribution in [2.75, 3.05) is 6.54 Å². The molecule has 0 aromatic rings. The van der Waals surface area contributed by atoms with E-state index in [1.165, 1.54) is 0 Å². The SMILES string of the molecule is CC(C)C(=O)CCCCCCNC(=O)C(C)C.[HH]. The number of nitrogens with one attached hydrogen (secondary N) is 1. The fourth-order valence-corrected chi connectivity index (χ4v) is 1.48. The second kappa shape index (κ2) is 9.20. The molecule has 17 heavy (non-hydrogen) atoms. The topological polar surface area (TPSA) is 46.2 Å². The first-order valence-corrected chi connectivity index (χ1v) is 6.75. The molecule has 0 aliphatic heterocycles. The molecule has 0 saturated carbocycles. The third kappa shape index (κ3) is 8.90. The number of ketones is 1. The van der Waals surface area contributed by atoms with Crippen LogP contribution in [0.25, 0.3) is 0 Å². The van der Waals surface area contributed by atoms with Crippen molar-refractivity contribution in [1.29, 1.82) is 0 Å². The minimum atomic E-state index is 0. The first-order chi connectivity index (χ1) is 7.95. The lowest BCUT2D eigenvalue weighted by atomic mass is 10.0. The molecular weight excluding hydrogens is 214 g/mol. The monoisotopic (exact) mass is 243 g/mol. The van der Waals surface area contributed by atoms with E-state index >= 15 is 0 Å². The number of hydrogen-bond acceptors (Lipinski definition) is 2. The van der Waals surface area contributed by atoms with Gasteiger partial charge in [-0.05, 0) is 12.8 Å². The third-order valence-corrected chi connectivity index (χ3v) is 2.82. The molecule has 102 valence electrons. The van der Waals surface area contributed by atoms with E-state index in [0.29, 0.717) is 12.2 Å². The summed E-state index contributed by atoms with van der Waals surface area (Å²) in [6.07, 6.45) is 4.86. The van der Waals surface area contributed by atoms with Gasteiger partial charge in [-0.15, -0.1) is 0 Å². The Morgan fingerprint density at radius 3 is 2.06 bits per heavy atom. The van der Waals surface area contributed by atoms with Crippen molar-refractivity contribution in [3.05, 3.63) is 0 Å². The number of rotatable bonds is 9. The maximum absolute atomic E-state index is 11.3. The molecule has 3 nitrogen and oxygen atoms in total. The lowest BCUT2D eigenvalue weighted by molar-refractivity contribution is -0.124. The minimum Gasteiger partial charge on any atom is -0.356 e. The molecule has 0 atom stereocenters. The third-order valence-electron chi connectivity index (χ3n) is 2.82. The van der Waals surface area contributed by atoms with Gasteiger partial charge in [0.05, 0.1) is 0 Å². The van der Waals surface area contributed by atoms with Crippen LogP contribution in [0.4, 0.5) is 0 Å². The molecule has 0 aliphatic rings. The standard InChI is InChI=1S/C14H27NO2.H2/c1-11(2)13(16)9-7-5-6-8-10-15-14(17)12(3)4;/h11-12H,5-10H2,1-4H3,(H,15,17);1H. The molecule has 0 aromatic carbocycles. The van der Waals surface area contributed by atoms with Gasteiger partial charge < -0.3 is 5.32 Å². The fourth-order valence-electron chi connectivity index (χ4n) is 1.48. The van der Waals surface area contributed by atoms with Gasteiger partial charge in [-0.1, -0.05) is 40.5 Å². The summed E-state index contributed by atoms with van der Waals surface area (Å²) in [6, 6.07) is 0. The van der Waals surface area contributed by atoms with Gasteiger partial charge in [0, 0.05) is 26.2 Å². The normalized spacial score (nSPS) is 10.9. The highest BCUT2D eigenvalue weighted by atomic mass is 16.1. The number of carbonyl (C=O) groups is 2. The molecule has 0 saturated heterocycles. The van der Waals surface area contributed by atoms with Gasteiger partial charge in [-0.25, -0.2) is 0 Å². The van der Waals surface area contributed by atoms with Crippen molar-refractivity contribution >= 4 is 11.7 Å². The second-order valence-corrected chi connectivity index (χ2v) is 5.23. The summed E-state index contributed by atoms with van der Waals surface area (Å²) in [5, 5.41) is 2.89. The molecule has 0 bridgehead atoms. The zero-order chi connectivity index (χ0) is 13.3. The van der Waals surface area contributed by atoms with Crippen LogP contribution in [0, 0.1) is 11.8 Å². The van der Waals surface area contributed by atoms with Gasteiger partial charge in [0.1, 0.15) is 5.78 Å². The van der Waals surface area contributed by atoms with Crippen molar-refractivity contribution < 1.29 is 11.0 Å². The molecule has 0 aromatic heterocycles. The summed E-state index contributed by atoms with van der Waals surface area (Å²) >= 11 is 0. The number of amides is 1. The van der Waals surface area contributed by atoms with E-state index in [4.69, 9.17) is 0 Å². The van der Waals surface area contributed by atoms with Gasteiger partial charge in [-0.3, -0.25) is 9.59 Å². The molecule has 3 heteroatoms. The average molecular weight is 243 g/mol. The van der Waals surface area contributed by atoms with Gasteiger partial charge in [-0.2, -0.15) is 0 Å². The first-order valence-electron chi connectivity index (χ1n) is 6.75. The highest BCUT2D eigenvalue weighted by molar-refractivity contribution is 5.80. The van der Waals surface area contributed by atoms with Crippen molar-refractivity contribution in [3.63, 3.8) is 0 Å². The molecule has 0 rings (SSSR count). The molecule has 0 heterocycles. The van der Waals surface area contributed by atoms with Crippen molar-refractivity contribution in [3.8, 4) is 0 Å². The number of carbonyl (C=O) groups excluding carboxylic acids is 2. The summed E-state index contributed by atoms with van der Waals surface area (Å²) in [6.45, 7) is 8.45. The molecule has 1 amide bonds. The zero-order valence-corrected chi connectivity index (χ0v) is 11.7. The zero-order valence-electron chi connectivity index (χ0n) is 11.7. The van der Waals surface area contributed by atoms with Crippen LogP contribution in [-0.2, 0) is 9.59 Å². The Morgan fingerprint density at radius 1 is 0.941 bits per heavy atom. The van der Waals surface area contributed by atoms with Crippen LogP contribution >= 0.6 is 0 Å². The second-order valence-electron chi connectivity index (χ2n) is 5.23. The van der Waals surface area contributed by atoms with E-state index in [1.54, 1.807) is 0 Å². The molecule has 0 spiro atoms. The molecule has 0 fully saturated rings. The van der Waals surface area contributed by atoms with Gasteiger partial charge in [0.2, 0.25) is 5.91 Å². The first kappa shape index (κ1) is 16.1. The molecule has 1 N–H and O–H groups in total. The number of unbranched alkanes of at least 4 members (excludes halogenated alkanes) is 3. The fraction of sp³-hybridized carbons (Fsp3) is 0.857. The predicted molar refractivity (Wildman–Crippen MR) is 72.9 cm³/mol. The smallest absolute Gasteiger partial charge is 0.222 e. The van der Waals surface area contributed by atoms with Gasteiger partial charge in [0.25, 0.3) is 0 Å². The highest BCUT2D eigenvalue weighted by Crippen LogP contribution is 2.07.